The molecule has 0 N–H and O–H groups in total. The van der Waals surface area contributed by atoms with Gasteiger partial charge in [0.2, 0.25) is 6.29 Å². The molecule has 0 fully saturated rings. The van der Waals surface area contributed by atoms with Crippen LogP contribution in [0.3, 0.4) is 0 Å². The van der Waals surface area contributed by atoms with Crippen molar-refractivity contribution in [3.8, 4) is 0 Å². The maximum Gasteiger partial charge on any atom is 0.308 e. The smallest absolute Gasteiger partial charge is 0.308 e. The molecule has 0 aromatic heterocycles. The first-order valence-electron chi connectivity index (χ1n) is 13.1. The van der Waals surface area contributed by atoms with Gasteiger partial charge in [-0.05, 0) is 12.8 Å². The SMILES string of the molecule is CCCCCCCCCCCCCCCCCC(=O)OC(CCC)OCCCC. The lowest BCUT2D eigenvalue weighted by Crippen LogP contribution is -2.21. The van der Waals surface area contributed by atoms with Gasteiger partial charge in [0.1, 0.15) is 0 Å². The van der Waals surface area contributed by atoms with E-state index in [1.807, 2.05) is 0 Å². The van der Waals surface area contributed by atoms with E-state index in [-0.39, 0.29) is 12.3 Å². The van der Waals surface area contributed by atoms with Gasteiger partial charge in [-0.25, -0.2) is 0 Å². The summed E-state index contributed by atoms with van der Waals surface area (Å²) >= 11 is 0. The fourth-order valence-electron chi connectivity index (χ4n) is 3.62. The summed E-state index contributed by atoms with van der Waals surface area (Å²) in [6.07, 6.45) is 24.2. The first-order valence-corrected chi connectivity index (χ1v) is 13.1. The number of ether oxygens (including phenoxy) is 2. The molecule has 0 rings (SSSR count). The lowest BCUT2D eigenvalue weighted by Gasteiger charge is -2.17. The monoisotopic (exact) mass is 412 g/mol. The van der Waals surface area contributed by atoms with Crippen LogP contribution in [0.1, 0.15) is 149 Å². The van der Waals surface area contributed by atoms with Crippen molar-refractivity contribution in [3.05, 3.63) is 0 Å². The molecule has 0 aliphatic carbocycles. The highest BCUT2D eigenvalue weighted by Crippen LogP contribution is 2.14. The van der Waals surface area contributed by atoms with Crippen LogP contribution in [-0.4, -0.2) is 18.9 Å². The highest BCUT2D eigenvalue weighted by Gasteiger charge is 2.13. The third-order valence-corrected chi connectivity index (χ3v) is 5.57. The maximum atomic E-state index is 12.0. The molecule has 0 amide bonds. The highest BCUT2D eigenvalue weighted by atomic mass is 16.7. The minimum absolute atomic E-state index is 0.0883. The third-order valence-electron chi connectivity index (χ3n) is 5.57. The van der Waals surface area contributed by atoms with E-state index in [4.69, 9.17) is 9.47 Å². The minimum atomic E-state index is -0.338. The number of unbranched alkanes of at least 4 members (excludes halogenated alkanes) is 15. The van der Waals surface area contributed by atoms with Gasteiger partial charge in [0.25, 0.3) is 0 Å². The van der Waals surface area contributed by atoms with Gasteiger partial charge in [0, 0.05) is 12.8 Å². The van der Waals surface area contributed by atoms with Crippen LogP contribution < -0.4 is 0 Å². The zero-order valence-electron chi connectivity index (χ0n) is 20.2. The van der Waals surface area contributed by atoms with Gasteiger partial charge in [0.05, 0.1) is 6.61 Å². The molecule has 0 spiro atoms. The molecule has 0 heterocycles. The van der Waals surface area contributed by atoms with Gasteiger partial charge in [0.15, 0.2) is 0 Å². The van der Waals surface area contributed by atoms with E-state index in [2.05, 4.69) is 20.8 Å². The van der Waals surface area contributed by atoms with E-state index in [0.29, 0.717) is 13.0 Å². The summed E-state index contributed by atoms with van der Waals surface area (Å²) < 4.78 is 11.2. The second-order valence-electron chi connectivity index (χ2n) is 8.63. The van der Waals surface area contributed by atoms with E-state index in [1.165, 1.54) is 83.5 Å². The van der Waals surface area contributed by atoms with E-state index < -0.39 is 0 Å². The molecule has 3 heteroatoms. The molecule has 29 heavy (non-hydrogen) atoms. The lowest BCUT2D eigenvalue weighted by molar-refractivity contribution is -0.180. The van der Waals surface area contributed by atoms with Crippen LogP contribution in [-0.2, 0) is 14.3 Å². The van der Waals surface area contributed by atoms with Gasteiger partial charge in [-0.2, -0.15) is 0 Å². The Morgan fingerprint density at radius 3 is 1.48 bits per heavy atom. The van der Waals surface area contributed by atoms with Crippen molar-refractivity contribution in [1.82, 2.24) is 0 Å². The molecule has 0 aromatic rings. The van der Waals surface area contributed by atoms with Gasteiger partial charge in [-0.1, -0.05) is 124 Å². The normalized spacial score (nSPS) is 12.2. The summed E-state index contributed by atoms with van der Waals surface area (Å²) in [6, 6.07) is 0. The van der Waals surface area contributed by atoms with Crippen molar-refractivity contribution in [2.45, 2.75) is 155 Å². The molecular formula is C26H52O3. The Morgan fingerprint density at radius 1 is 0.586 bits per heavy atom. The van der Waals surface area contributed by atoms with Crippen molar-refractivity contribution in [3.63, 3.8) is 0 Å². The maximum absolute atomic E-state index is 12.0. The van der Waals surface area contributed by atoms with E-state index in [0.717, 1.165) is 38.5 Å². The molecule has 0 radical (unpaired) electrons. The molecule has 3 nitrogen and oxygen atoms in total. The number of hydrogen-bond donors (Lipinski definition) is 0. The predicted octanol–water partition coefficient (Wildman–Crippen LogP) is 8.73. The highest BCUT2D eigenvalue weighted by molar-refractivity contribution is 5.69. The van der Waals surface area contributed by atoms with Crippen LogP contribution in [0.5, 0.6) is 0 Å². The first-order chi connectivity index (χ1) is 14.2. The molecule has 0 bridgehead atoms. The van der Waals surface area contributed by atoms with Crippen molar-refractivity contribution in [1.29, 1.82) is 0 Å². The van der Waals surface area contributed by atoms with E-state index in [9.17, 15) is 4.79 Å². The van der Waals surface area contributed by atoms with Gasteiger partial charge >= 0.3 is 5.97 Å². The van der Waals surface area contributed by atoms with Gasteiger partial charge in [-0.3, -0.25) is 4.79 Å². The standard InChI is InChI=1S/C26H52O3/c1-4-7-9-10-11-12-13-14-15-16-17-18-19-20-21-23-25(27)29-26(22-6-3)28-24-8-5-2/h26H,4-24H2,1-3H3. The Labute approximate surface area is 182 Å². The summed E-state index contributed by atoms with van der Waals surface area (Å²) in [6.45, 7) is 7.20. The Kier molecular flexibility index (Phi) is 23.2. The summed E-state index contributed by atoms with van der Waals surface area (Å²) in [7, 11) is 0. The molecule has 174 valence electrons. The molecule has 0 saturated carbocycles. The average molecular weight is 413 g/mol. The second-order valence-corrected chi connectivity index (χ2v) is 8.63. The Bertz CT molecular complexity index is 330. The Balaban J connectivity index is 3.38. The van der Waals surface area contributed by atoms with Gasteiger partial charge < -0.3 is 9.47 Å². The Hall–Kier alpha value is -0.570. The molecule has 0 aliphatic heterocycles. The summed E-state index contributed by atoms with van der Waals surface area (Å²) in [5, 5.41) is 0. The molecular weight excluding hydrogens is 360 g/mol. The molecule has 1 unspecified atom stereocenters. The minimum Gasteiger partial charge on any atom is -0.436 e. The average Bonchev–Trinajstić information content (AvgIpc) is 2.71. The molecule has 0 aliphatic rings. The van der Waals surface area contributed by atoms with Crippen LogP contribution in [0.25, 0.3) is 0 Å². The zero-order valence-corrected chi connectivity index (χ0v) is 20.2. The van der Waals surface area contributed by atoms with Crippen LogP contribution in [0, 0.1) is 0 Å². The van der Waals surface area contributed by atoms with Crippen molar-refractivity contribution >= 4 is 5.97 Å². The largest absolute Gasteiger partial charge is 0.436 e. The number of rotatable bonds is 23. The second kappa shape index (κ2) is 23.7. The van der Waals surface area contributed by atoms with Crippen LogP contribution >= 0.6 is 0 Å². The lowest BCUT2D eigenvalue weighted by atomic mass is 10.0. The Morgan fingerprint density at radius 2 is 1.03 bits per heavy atom. The van der Waals surface area contributed by atoms with E-state index >= 15 is 0 Å². The predicted molar refractivity (Wildman–Crippen MR) is 125 cm³/mol. The number of carbonyl (C=O) groups excluding carboxylic acids is 1. The summed E-state index contributed by atoms with van der Waals surface area (Å²) in [4.78, 5) is 12.0. The van der Waals surface area contributed by atoms with Crippen LogP contribution in [0.2, 0.25) is 0 Å². The summed E-state index contributed by atoms with van der Waals surface area (Å²) in [5.74, 6) is -0.0883. The molecule has 0 aromatic carbocycles. The fourth-order valence-corrected chi connectivity index (χ4v) is 3.62. The third kappa shape index (κ3) is 21.9. The zero-order chi connectivity index (χ0) is 21.4. The molecule has 0 saturated heterocycles. The quantitative estimate of drug-likeness (QED) is 0.0955. The fraction of sp³-hybridized carbons (Fsp3) is 0.962. The van der Waals surface area contributed by atoms with Crippen LogP contribution in [0.15, 0.2) is 0 Å². The van der Waals surface area contributed by atoms with Crippen molar-refractivity contribution < 1.29 is 14.3 Å². The van der Waals surface area contributed by atoms with Crippen molar-refractivity contribution in [2.75, 3.05) is 6.61 Å². The molecule has 1 atom stereocenters. The topological polar surface area (TPSA) is 35.5 Å². The number of esters is 1. The van der Waals surface area contributed by atoms with Gasteiger partial charge in [-0.15, -0.1) is 0 Å². The van der Waals surface area contributed by atoms with Crippen molar-refractivity contribution in [2.24, 2.45) is 0 Å². The summed E-state index contributed by atoms with van der Waals surface area (Å²) in [5.41, 5.74) is 0. The first kappa shape index (κ1) is 28.4. The van der Waals surface area contributed by atoms with E-state index in [1.54, 1.807) is 0 Å². The number of carbonyl (C=O) groups is 1. The van der Waals surface area contributed by atoms with Crippen LogP contribution in [0.4, 0.5) is 0 Å². The number of hydrogen-bond acceptors (Lipinski definition) is 3.